The molecule has 3 rings (SSSR count). The first-order valence-corrected chi connectivity index (χ1v) is 7.02. The Balaban J connectivity index is 1.79. The molecule has 0 fully saturated rings. The molecule has 20 heavy (non-hydrogen) atoms. The van der Waals surface area contributed by atoms with Gasteiger partial charge in [0.15, 0.2) is 0 Å². The second kappa shape index (κ2) is 5.41. The Labute approximate surface area is 118 Å². The van der Waals surface area contributed by atoms with E-state index in [1.165, 1.54) is 11.3 Å². The summed E-state index contributed by atoms with van der Waals surface area (Å²) in [5, 5.41) is 6.30. The minimum Gasteiger partial charge on any atom is -0.469 e. The molecule has 0 unspecified atom stereocenters. The Bertz CT molecular complexity index is 631. The maximum absolute atomic E-state index is 12.2. The second-order valence-corrected chi connectivity index (χ2v) is 4.97. The van der Waals surface area contributed by atoms with Gasteiger partial charge in [-0.1, -0.05) is 6.92 Å². The number of anilines is 2. The van der Waals surface area contributed by atoms with E-state index in [4.69, 9.17) is 4.42 Å². The third-order valence-electron chi connectivity index (χ3n) is 3.61. The van der Waals surface area contributed by atoms with Gasteiger partial charge in [0.1, 0.15) is 5.76 Å². The lowest BCUT2D eigenvalue weighted by Gasteiger charge is -2.18. The van der Waals surface area contributed by atoms with Crippen LogP contribution < -0.4 is 10.6 Å². The molecule has 1 aromatic heterocycles. The van der Waals surface area contributed by atoms with Crippen LogP contribution in [0.2, 0.25) is 0 Å². The minimum atomic E-state index is -0.112. The van der Waals surface area contributed by atoms with E-state index >= 15 is 0 Å². The lowest BCUT2D eigenvalue weighted by atomic mass is 10.0. The number of carbonyl (C=O) groups is 1. The van der Waals surface area contributed by atoms with Gasteiger partial charge >= 0.3 is 0 Å². The maximum Gasteiger partial charge on any atom is 0.259 e. The number of amides is 1. The van der Waals surface area contributed by atoms with Gasteiger partial charge in [-0.25, -0.2) is 0 Å². The molecule has 2 N–H and O–H groups in total. The van der Waals surface area contributed by atoms with Gasteiger partial charge in [0, 0.05) is 24.3 Å². The number of fused-ring (bicyclic) bond motifs is 1. The first-order valence-electron chi connectivity index (χ1n) is 7.02. The van der Waals surface area contributed by atoms with Gasteiger partial charge < -0.3 is 15.1 Å². The number of benzene rings is 1. The van der Waals surface area contributed by atoms with Crippen LogP contribution in [0.1, 0.15) is 35.0 Å². The topological polar surface area (TPSA) is 54.3 Å². The Hall–Kier alpha value is -2.23. The fourth-order valence-electron chi connectivity index (χ4n) is 2.57. The fourth-order valence-corrected chi connectivity index (χ4v) is 2.57. The van der Waals surface area contributed by atoms with E-state index in [0.717, 1.165) is 30.8 Å². The van der Waals surface area contributed by atoms with Gasteiger partial charge in [0.2, 0.25) is 0 Å². The first kappa shape index (κ1) is 12.8. The Kier molecular flexibility index (Phi) is 3.46. The molecule has 4 heteroatoms. The van der Waals surface area contributed by atoms with E-state index in [0.29, 0.717) is 12.0 Å². The standard InChI is InChI=1S/C16H18N2O2/c1-2-15-13(7-9-20-15)16(19)18-12-5-6-14-11(10-12)4-3-8-17-14/h5-7,9-10,17H,2-4,8H2,1H3,(H,18,19). The molecule has 0 saturated heterocycles. The summed E-state index contributed by atoms with van der Waals surface area (Å²) < 4.78 is 5.29. The second-order valence-electron chi connectivity index (χ2n) is 4.97. The highest BCUT2D eigenvalue weighted by atomic mass is 16.3. The van der Waals surface area contributed by atoms with E-state index in [1.807, 2.05) is 25.1 Å². The molecule has 0 radical (unpaired) electrons. The predicted molar refractivity (Wildman–Crippen MR) is 79.3 cm³/mol. The predicted octanol–water partition coefficient (Wildman–Crippen LogP) is 3.45. The van der Waals surface area contributed by atoms with Crippen molar-refractivity contribution in [3.8, 4) is 0 Å². The number of carbonyl (C=O) groups excluding carboxylic acids is 1. The van der Waals surface area contributed by atoms with Gasteiger partial charge in [-0.05, 0) is 42.7 Å². The van der Waals surface area contributed by atoms with Gasteiger partial charge in [-0.3, -0.25) is 4.79 Å². The molecule has 2 aromatic rings. The largest absolute Gasteiger partial charge is 0.469 e. The number of aryl methyl sites for hydroxylation is 2. The normalized spacial score (nSPS) is 13.4. The number of furan rings is 1. The van der Waals surface area contributed by atoms with Crippen LogP contribution in [0.4, 0.5) is 11.4 Å². The average Bonchev–Trinajstić information content (AvgIpc) is 2.95. The Morgan fingerprint density at radius 3 is 3.15 bits per heavy atom. The first-order chi connectivity index (χ1) is 9.78. The van der Waals surface area contributed by atoms with Gasteiger partial charge in [0.05, 0.1) is 11.8 Å². The molecule has 0 bridgehead atoms. The van der Waals surface area contributed by atoms with Crippen molar-refractivity contribution < 1.29 is 9.21 Å². The highest BCUT2D eigenvalue weighted by molar-refractivity contribution is 6.05. The zero-order valence-corrected chi connectivity index (χ0v) is 11.5. The van der Waals surface area contributed by atoms with Crippen LogP contribution in [0.15, 0.2) is 34.9 Å². The summed E-state index contributed by atoms with van der Waals surface area (Å²) in [4.78, 5) is 12.2. The number of hydrogen-bond donors (Lipinski definition) is 2. The monoisotopic (exact) mass is 270 g/mol. The van der Waals surface area contributed by atoms with E-state index in [-0.39, 0.29) is 5.91 Å². The maximum atomic E-state index is 12.2. The zero-order valence-electron chi connectivity index (χ0n) is 11.5. The van der Waals surface area contributed by atoms with Gasteiger partial charge in [0.25, 0.3) is 5.91 Å². The fraction of sp³-hybridized carbons (Fsp3) is 0.312. The number of nitrogens with one attached hydrogen (secondary N) is 2. The summed E-state index contributed by atoms with van der Waals surface area (Å²) in [7, 11) is 0. The molecule has 104 valence electrons. The zero-order chi connectivity index (χ0) is 13.9. The SMILES string of the molecule is CCc1occc1C(=O)Nc1ccc2c(c1)CCCN2. The van der Waals surface area contributed by atoms with Crippen molar-refractivity contribution in [2.24, 2.45) is 0 Å². The van der Waals surface area contributed by atoms with Crippen LogP contribution in [0.3, 0.4) is 0 Å². The highest BCUT2D eigenvalue weighted by Crippen LogP contribution is 2.25. The van der Waals surface area contributed by atoms with E-state index in [1.54, 1.807) is 12.3 Å². The number of hydrogen-bond acceptors (Lipinski definition) is 3. The molecule has 1 aromatic carbocycles. The van der Waals surface area contributed by atoms with Crippen molar-refractivity contribution in [1.29, 1.82) is 0 Å². The molecule has 1 aliphatic rings. The Morgan fingerprint density at radius 2 is 2.30 bits per heavy atom. The molecular weight excluding hydrogens is 252 g/mol. The summed E-state index contributed by atoms with van der Waals surface area (Å²) >= 11 is 0. The molecule has 0 spiro atoms. The van der Waals surface area contributed by atoms with Crippen LogP contribution in [0.5, 0.6) is 0 Å². The molecule has 0 atom stereocenters. The quantitative estimate of drug-likeness (QED) is 0.898. The van der Waals surface area contributed by atoms with Gasteiger partial charge in [-0.2, -0.15) is 0 Å². The average molecular weight is 270 g/mol. The lowest BCUT2D eigenvalue weighted by molar-refractivity contribution is 0.102. The summed E-state index contributed by atoms with van der Waals surface area (Å²) in [5.41, 5.74) is 3.88. The van der Waals surface area contributed by atoms with Crippen molar-refractivity contribution in [1.82, 2.24) is 0 Å². The molecule has 2 heterocycles. The molecule has 4 nitrogen and oxygen atoms in total. The molecule has 1 amide bonds. The number of rotatable bonds is 3. The van der Waals surface area contributed by atoms with Crippen LogP contribution >= 0.6 is 0 Å². The van der Waals surface area contributed by atoms with Crippen molar-refractivity contribution >= 4 is 17.3 Å². The van der Waals surface area contributed by atoms with E-state index in [2.05, 4.69) is 10.6 Å². The van der Waals surface area contributed by atoms with Crippen LogP contribution in [0.25, 0.3) is 0 Å². The van der Waals surface area contributed by atoms with Crippen LogP contribution in [-0.4, -0.2) is 12.5 Å². The lowest BCUT2D eigenvalue weighted by Crippen LogP contribution is -2.15. The summed E-state index contributed by atoms with van der Waals surface area (Å²) in [6.07, 6.45) is 4.46. The summed E-state index contributed by atoms with van der Waals surface area (Å²) in [5.74, 6) is 0.612. The Morgan fingerprint density at radius 1 is 1.40 bits per heavy atom. The highest BCUT2D eigenvalue weighted by Gasteiger charge is 2.14. The van der Waals surface area contributed by atoms with Crippen LogP contribution in [-0.2, 0) is 12.8 Å². The third kappa shape index (κ3) is 2.41. The molecule has 0 aliphatic carbocycles. The van der Waals surface area contributed by atoms with E-state index < -0.39 is 0 Å². The van der Waals surface area contributed by atoms with Crippen molar-refractivity contribution in [2.75, 3.05) is 17.2 Å². The molecular formula is C16H18N2O2. The smallest absolute Gasteiger partial charge is 0.259 e. The minimum absolute atomic E-state index is 0.112. The molecule has 0 saturated carbocycles. The summed E-state index contributed by atoms with van der Waals surface area (Å²) in [6.45, 7) is 2.99. The third-order valence-corrected chi connectivity index (χ3v) is 3.61. The molecule has 1 aliphatic heterocycles. The van der Waals surface area contributed by atoms with Crippen molar-refractivity contribution in [3.05, 3.63) is 47.4 Å². The van der Waals surface area contributed by atoms with Gasteiger partial charge in [-0.15, -0.1) is 0 Å². The van der Waals surface area contributed by atoms with Crippen LogP contribution in [0, 0.1) is 0 Å². The van der Waals surface area contributed by atoms with E-state index in [9.17, 15) is 4.79 Å². The van der Waals surface area contributed by atoms with Crippen molar-refractivity contribution in [3.63, 3.8) is 0 Å². The van der Waals surface area contributed by atoms with Crippen molar-refractivity contribution in [2.45, 2.75) is 26.2 Å². The summed E-state index contributed by atoms with van der Waals surface area (Å²) in [6, 6.07) is 7.72.